The first kappa shape index (κ1) is 9.68. The van der Waals surface area contributed by atoms with Crippen LogP contribution in [0.1, 0.15) is 24.1 Å². The Morgan fingerprint density at radius 3 is 3.36 bits per heavy atom. The predicted molar refractivity (Wildman–Crippen MR) is 54.1 cm³/mol. The number of aromatic nitrogens is 2. The summed E-state index contributed by atoms with van der Waals surface area (Å²) < 4.78 is 7.34. The highest BCUT2D eigenvalue weighted by atomic mass is 16.5. The highest BCUT2D eigenvalue weighted by molar-refractivity contribution is 5.24. The molecule has 1 unspecified atom stereocenters. The molecule has 0 bridgehead atoms. The van der Waals surface area contributed by atoms with Gasteiger partial charge < -0.3 is 10.1 Å². The lowest BCUT2D eigenvalue weighted by atomic mass is 9.99. The maximum absolute atomic E-state index is 5.45. The van der Waals surface area contributed by atoms with Gasteiger partial charge in [0.25, 0.3) is 0 Å². The Labute approximate surface area is 84.3 Å². The minimum atomic E-state index is 0.417. The lowest BCUT2D eigenvalue weighted by Gasteiger charge is -2.21. The molecule has 0 amide bonds. The predicted octanol–water partition coefficient (Wildman–Crippen LogP) is 0.643. The van der Waals surface area contributed by atoms with Crippen LogP contribution in [0, 0.1) is 0 Å². The number of rotatable bonds is 3. The van der Waals surface area contributed by atoms with Gasteiger partial charge in [0, 0.05) is 44.4 Å². The van der Waals surface area contributed by atoms with Crippen LogP contribution in [0.25, 0.3) is 0 Å². The summed E-state index contributed by atoms with van der Waals surface area (Å²) >= 11 is 0. The van der Waals surface area contributed by atoms with E-state index in [2.05, 4.69) is 16.6 Å². The van der Waals surface area contributed by atoms with Crippen molar-refractivity contribution in [2.45, 2.75) is 19.4 Å². The summed E-state index contributed by atoms with van der Waals surface area (Å²) in [5.41, 5.74) is 2.52. The maximum Gasteiger partial charge on any atom is 0.0736 e. The van der Waals surface area contributed by atoms with Gasteiger partial charge in [0.05, 0.1) is 12.3 Å². The Morgan fingerprint density at radius 1 is 1.71 bits per heavy atom. The van der Waals surface area contributed by atoms with Gasteiger partial charge >= 0.3 is 0 Å². The van der Waals surface area contributed by atoms with E-state index in [-0.39, 0.29) is 0 Å². The molecule has 0 aliphatic carbocycles. The Morgan fingerprint density at radius 2 is 2.57 bits per heavy atom. The van der Waals surface area contributed by atoms with Crippen LogP contribution in [0.2, 0.25) is 0 Å². The van der Waals surface area contributed by atoms with Gasteiger partial charge in [0.15, 0.2) is 0 Å². The average molecular weight is 195 g/mol. The molecule has 1 aliphatic rings. The third-order valence-electron chi connectivity index (χ3n) is 2.55. The van der Waals surface area contributed by atoms with Gasteiger partial charge in [-0.15, -0.1) is 0 Å². The summed E-state index contributed by atoms with van der Waals surface area (Å²) in [6, 6.07) is 0. The molecule has 14 heavy (non-hydrogen) atoms. The van der Waals surface area contributed by atoms with E-state index in [1.165, 1.54) is 11.3 Å². The number of ether oxygens (including phenoxy) is 1. The number of nitrogens with one attached hydrogen (secondary N) is 1. The Hall–Kier alpha value is -0.870. The van der Waals surface area contributed by atoms with E-state index in [0.29, 0.717) is 5.92 Å². The van der Waals surface area contributed by atoms with E-state index in [9.17, 15) is 0 Å². The zero-order chi connectivity index (χ0) is 9.97. The van der Waals surface area contributed by atoms with Crippen LogP contribution in [0.4, 0.5) is 0 Å². The van der Waals surface area contributed by atoms with Gasteiger partial charge in [-0.25, -0.2) is 0 Å². The van der Waals surface area contributed by atoms with E-state index >= 15 is 0 Å². The summed E-state index contributed by atoms with van der Waals surface area (Å²) in [5.74, 6) is 0.417. The smallest absolute Gasteiger partial charge is 0.0736 e. The first-order valence-electron chi connectivity index (χ1n) is 5.12. The second-order valence-corrected chi connectivity index (χ2v) is 3.70. The number of fused-ring (bicyclic) bond motifs is 1. The highest BCUT2D eigenvalue weighted by Crippen LogP contribution is 2.22. The fourth-order valence-electron chi connectivity index (χ4n) is 1.91. The third-order valence-corrected chi connectivity index (χ3v) is 2.55. The van der Waals surface area contributed by atoms with Crippen LogP contribution in [0.5, 0.6) is 0 Å². The molecule has 0 aromatic carbocycles. The van der Waals surface area contributed by atoms with E-state index < -0.39 is 0 Å². The van der Waals surface area contributed by atoms with Crippen LogP contribution in [-0.4, -0.2) is 29.5 Å². The molecular formula is C10H17N3O. The molecule has 1 aromatic rings. The number of hydrogen-bond acceptors (Lipinski definition) is 3. The zero-order valence-electron chi connectivity index (χ0n) is 8.79. The second-order valence-electron chi connectivity index (χ2n) is 3.70. The maximum atomic E-state index is 5.45. The molecule has 0 radical (unpaired) electrons. The van der Waals surface area contributed by atoms with E-state index in [1.807, 2.05) is 18.7 Å². The summed E-state index contributed by atoms with van der Waals surface area (Å²) in [6.07, 6.45) is 2.08. The summed E-state index contributed by atoms with van der Waals surface area (Å²) in [7, 11) is 1.97. The molecule has 0 saturated heterocycles. The molecule has 1 aliphatic heterocycles. The fourth-order valence-corrected chi connectivity index (χ4v) is 1.91. The summed E-state index contributed by atoms with van der Waals surface area (Å²) in [5, 5.41) is 7.86. The standard InChI is InChI=1S/C10H17N3O/c1-3-14-7-9-5-11-4-8-6-13(2)12-10(8)9/h6,9,11H,3-5,7H2,1-2H3. The Bertz CT molecular complexity index is 308. The topological polar surface area (TPSA) is 39.1 Å². The molecule has 2 rings (SSSR count). The van der Waals surface area contributed by atoms with Crippen molar-refractivity contribution in [2.75, 3.05) is 19.8 Å². The quantitative estimate of drug-likeness (QED) is 0.769. The first-order valence-corrected chi connectivity index (χ1v) is 5.12. The lowest BCUT2D eigenvalue weighted by Crippen LogP contribution is -2.30. The van der Waals surface area contributed by atoms with Crippen molar-refractivity contribution in [3.63, 3.8) is 0 Å². The first-order chi connectivity index (χ1) is 6.81. The van der Waals surface area contributed by atoms with Crippen LogP contribution >= 0.6 is 0 Å². The van der Waals surface area contributed by atoms with Gasteiger partial charge in [0.2, 0.25) is 0 Å². The second kappa shape index (κ2) is 4.11. The van der Waals surface area contributed by atoms with Gasteiger partial charge in [-0.1, -0.05) is 0 Å². The number of nitrogens with zero attached hydrogens (tertiary/aromatic N) is 2. The zero-order valence-corrected chi connectivity index (χ0v) is 8.79. The molecular weight excluding hydrogens is 178 g/mol. The molecule has 4 heteroatoms. The van der Waals surface area contributed by atoms with Gasteiger partial charge in [-0.2, -0.15) is 5.10 Å². The summed E-state index contributed by atoms with van der Waals surface area (Å²) in [6.45, 7) is 5.48. The van der Waals surface area contributed by atoms with Crippen molar-refractivity contribution < 1.29 is 4.74 Å². The molecule has 2 heterocycles. The van der Waals surface area contributed by atoms with Crippen LogP contribution in [-0.2, 0) is 18.3 Å². The van der Waals surface area contributed by atoms with Gasteiger partial charge in [0.1, 0.15) is 0 Å². The van der Waals surface area contributed by atoms with Crippen LogP contribution in [0.3, 0.4) is 0 Å². The normalized spacial score (nSPS) is 20.9. The largest absolute Gasteiger partial charge is 0.381 e. The minimum Gasteiger partial charge on any atom is -0.381 e. The van der Waals surface area contributed by atoms with Crippen molar-refractivity contribution in [3.8, 4) is 0 Å². The van der Waals surface area contributed by atoms with Crippen molar-refractivity contribution in [1.82, 2.24) is 15.1 Å². The molecule has 78 valence electrons. The summed E-state index contributed by atoms with van der Waals surface area (Å²) in [4.78, 5) is 0. The van der Waals surface area contributed by atoms with E-state index in [1.54, 1.807) is 0 Å². The fraction of sp³-hybridized carbons (Fsp3) is 0.700. The number of hydrogen-bond donors (Lipinski definition) is 1. The Kier molecular flexibility index (Phi) is 2.84. The van der Waals surface area contributed by atoms with Crippen LogP contribution < -0.4 is 5.32 Å². The molecule has 0 saturated carbocycles. The monoisotopic (exact) mass is 195 g/mol. The van der Waals surface area contributed by atoms with E-state index in [4.69, 9.17) is 4.74 Å². The minimum absolute atomic E-state index is 0.417. The third kappa shape index (κ3) is 1.81. The molecule has 1 atom stereocenters. The molecule has 4 nitrogen and oxygen atoms in total. The van der Waals surface area contributed by atoms with Gasteiger partial charge in [-0.3, -0.25) is 4.68 Å². The Balaban J connectivity index is 2.13. The SMILES string of the molecule is CCOCC1CNCc2cn(C)nc21. The molecule has 1 aromatic heterocycles. The molecule has 0 spiro atoms. The van der Waals surface area contributed by atoms with Crippen LogP contribution in [0.15, 0.2) is 6.20 Å². The molecule has 0 fully saturated rings. The lowest BCUT2D eigenvalue weighted by molar-refractivity contribution is 0.128. The van der Waals surface area contributed by atoms with Crippen molar-refractivity contribution in [3.05, 3.63) is 17.5 Å². The van der Waals surface area contributed by atoms with Crippen molar-refractivity contribution in [1.29, 1.82) is 0 Å². The van der Waals surface area contributed by atoms with E-state index in [0.717, 1.165) is 26.3 Å². The van der Waals surface area contributed by atoms with Crippen molar-refractivity contribution in [2.24, 2.45) is 7.05 Å². The van der Waals surface area contributed by atoms with Gasteiger partial charge in [-0.05, 0) is 6.92 Å². The van der Waals surface area contributed by atoms with Crippen molar-refractivity contribution >= 4 is 0 Å². The molecule has 1 N–H and O–H groups in total. The highest BCUT2D eigenvalue weighted by Gasteiger charge is 2.22. The average Bonchev–Trinajstić information content (AvgIpc) is 2.55. The number of aryl methyl sites for hydroxylation is 1.